The van der Waals surface area contributed by atoms with E-state index in [0.29, 0.717) is 6.42 Å². The zero-order valence-corrected chi connectivity index (χ0v) is 12.1. The van der Waals surface area contributed by atoms with Crippen molar-refractivity contribution in [1.29, 1.82) is 0 Å². The fourth-order valence-corrected chi connectivity index (χ4v) is 2.29. The number of aliphatic hydroxyl groups excluding tert-OH is 1. The van der Waals surface area contributed by atoms with Gasteiger partial charge in [-0.15, -0.1) is 0 Å². The Balaban J connectivity index is 2.17. The Hall–Kier alpha value is -1.61. The lowest BCUT2D eigenvalue weighted by Gasteiger charge is -2.12. The third-order valence-corrected chi connectivity index (χ3v) is 3.67. The quantitative estimate of drug-likeness (QED) is 0.915. The maximum atomic E-state index is 10.4. The molecule has 0 aliphatic rings. The molecule has 3 heteroatoms. The molecule has 0 spiro atoms. The zero-order valence-electron chi connectivity index (χ0n) is 12.1. The van der Waals surface area contributed by atoms with Gasteiger partial charge in [0.15, 0.2) is 0 Å². The van der Waals surface area contributed by atoms with Crippen LogP contribution in [0.25, 0.3) is 0 Å². The minimum Gasteiger partial charge on any atom is -0.386 e. The van der Waals surface area contributed by atoms with Gasteiger partial charge in [-0.05, 0) is 43.0 Å². The van der Waals surface area contributed by atoms with Crippen LogP contribution in [0.1, 0.15) is 41.1 Å². The summed E-state index contributed by atoms with van der Waals surface area (Å²) in [6.07, 6.45) is 1.02. The molecule has 1 atom stereocenters. The lowest BCUT2D eigenvalue weighted by atomic mass is 10.0. The van der Waals surface area contributed by atoms with Crippen LogP contribution in [0.15, 0.2) is 24.3 Å². The first kappa shape index (κ1) is 13.8. The minimum absolute atomic E-state index is 0.500. The van der Waals surface area contributed by atoms with Crippen molar-refractivity contribution >= 4 is 0 Å². The highest BCUT2D eigenvalue weighted by Crippen LogP contribution is 2.20. The van der Waals surface area contributed by atoms with E-state index >= 15 is 0 Å². The van der Waals surface area contributed by atoms with Gasteiger partial charge in [-0.25, -0.2) is 0 Å². The molecule has 1 aromatic heterocycles. The summed E-state index contributed by atoms with van der Waals surface area (Å²) in [5.74, 6) is 0. The molecule has 0 bridgehead atoms. The molecule has 0 radical (unpaired) electrons. The monoisotopic (exact) mass is 258 g/mol. The van der Waals surface area contributed by atoms with E-state index < -0.39 is 6.10 Å². The van der Waals surface area contributed by atoms with Gasteiger partial charge >= 0.3 is 0 Å². The molecule has 0 saturated heterocycles. The summed E-state index contributed by atoms with van der Waals surface area (Å²) in [7, 11) is 1.89. The summed E-state index contributed by atoms with van der Waals surface area (Å²) in [5, 5.41) is 14.7. The summed E-state index contributed by atoms with van der Waals surface area (Å²) in [4.78, 5) is 0. The van der Waals surface area contributed by atoms with Gasteiger partial charge in [0.05, 0.1) is 17.5 Å². The van der Waals surface area contributed by atoms with Crippen LogP contribution in [0.5, 0.6) is 0 Å². The number of nitrogens with zero attached hydrogens (tertiary/aromatic N) is 2. The summed E-state index contributed by atoms with van der Waals surface area (Å²) >= 11 is 0. The van der Waals surface area contributed by atoms with Crippen molar-refractivity contribution in [2.75, 3.05) is 0 Å². The van der Waals surface area contributed by atoms with E-state index in [9.17, 15) is 5.11 Å². The van der Waals surface area contributed by atoms with Gasteiger partial charge in [-0.3, -0.25) is 4.68 Å². The summed E-state index contributed by atoms with van der Waals surface area (Å²) in [6.45, 7) is 6.27. The standard InChI is InChI=1S/C16H22N2O/c1-5-14-10-15(18(4)17-14)16(19)9-13-7-6-11(2)12(3)8-13/h6-8,10,16,19H,5,9H2,1-4H3. The van der Waals surface area contributed by atoms with Gasteiger partial charge in [-0.2, -0.15) is 5.10 Å². The number of rotatable bonds is 4. The molecule has 2 rings (SSSR count). The van der Waals surface area contributed by atoms with E-state index in [2.05, 4.69) is 44.1 Å². The predicted octanol–water partition coefficient (Wildman–Crippen LogP) is 2.88. The molecule has 0 saturated carbocycles. The molecule has 1 heterocycles. The summed E-state index contributed by atoms with van der Waals surface area (Å²) in [6, 6.07) is 8.34. The topological polar surface area (TPSA) is 38.0 Å². The van der Waals surface area contributed by atoms with Crippen LogP contribution in [0.3, 0.4) is 0 Å². The maximum Gasteiger partial charge on any atom is 0.0996 e. The Morgan fingerprint density at radius 2 is 1.95 bits per heavy atom. The van der Waals surface area contributed by atoms with Crippen LogP contribution in [0.2, 0.25) is 0 Å². The minimum atomic E-state index is -0.500. The Morgan fingerprint density at radius 3 is 2.53 bits per heavy atom. The van der Waals surface area contributed by atoms with Crippen LogP contribution in [0, 0.1) is 13.8 Å². The molecule has 1 unspecified atom stereocenters. The van der Waals surface area contributed by atoms with Crippen LogP contribution in [0.4, 0.5) is 0 Å². The number of aryl methyl sites for hydroxylation is 4. The molecule has 19 heavy (non-hydrogen) atoms. The SMILES string of the molecule is CCc1cc(C(O)Cc2ccc(C)c(C)c2)n(C)n1. The highest BCUT2D eigenvalue weighted by atomic mass is 16.3. The smallest absolute Gasteiger partial charge is 0.0996 e. The Morgan fingerprint density at radius 1 is 1.21 bits per heavy atom. The second-order valence-corrected chi connectivity index (χ2v) is 5.18. The van der Waals surface area contributed by atoms with E-state index in [-0.39, 0.29) is 0 Å². The molecule has 1 N–H and O–H groups in total. The third kappa shape index (κ3) is 3.04. The number of hydrogen-bond donors (Lipinski definition) is 1. The molecule has 0 aliphatic heterocycles. The van der Waals surface area contributed by atoms with Crippen LogP contribution >= 0.6 is 0 Å². The molecule has 2 aromatic rings. The average Bonchev–Trinajstić information content (AvgIpc) is 2.75. The predicted molar refractivity (Wildman–Crippen MR) is 77.2 cm³/mol. The van der Waals surface area contributed by atoms with E-state index in [1.807, 2.05) is 13.1 Å². The number of benzene rings is 1. The van der Waals surface area contributed by atoms with Crippen molar-refractivity contribution in [2.45, 2.75) is 39.7 Å². The molecule has 1 aromatic carbocycles. The average molecular weight is 258 g/mol. The van der Waals surface area contributed by atoms with Gasteiger partial charge in [0.2, 0.25) is 0 Å². The Kier molecular flexibility index (Phi) is 4.05. The molecule has 102 valence electrons. The van der Waals surface area contributed by atoms with Crippen LogP contribution in [-0.4, -0.2) is 14.9 Å². The third-order valence-electron chi connectivity index (χ3n) is 3.67. The highest BCUT2D eigenvalue weighted by Gasteiger charge is 2.14. The van der Waals surface area contributed by atoms with Gasteiger partial charge in [0, 0.05) is 13.5 Å². The second-order valence-electron chi connectivity index (χ2n) is 5.18. The molecule has 0 fully saturated rings. The maximum absolute atomic E-state index is 10.4. The highest BCUT2D eigenvalue weighted by molar-refractivity contribution is 5.31. The van der Waals surface area contributed by atoms with E-state index in [1.165, 1.54) is 11.1 Å². The van der Waals surface area contributed by atoms with Crippen molar-refractivity contribution < 1.29 is 5.11 Å². The summed E-state index contributed by atoms with van der Waals surface area (Å²) in [5.41, 5.74) is 5.62. The van der Waals surface area contributed by atoms with Crippen molar-refractivity contribution in [3.63, 3.8) is 0 Å². The van der Waals surface area contributed by atoms with E-state index in [1.54, 1.807) is 4.68 Å². The number of hydrogen-bond acceptors (Lipinski definition) is 2. The fraction of sp³-hybridized carbons (Fsp3) is 0.438. The van der Waals surface area contributed by atoms with Gasteiger partial charge < -0.3 is 5.11 Å². The molecular formula is C16H22N2O. The van der Waals surface area contributed by atoms with Crippen molar-refractivity contribution in [3.05, 3.63) is 52.3 Å². The normalized spacial score (nSPS) is 12.7. The summed E-state index contributed by atoms with van der Waals surface area (Å²) < 4.78 is 1.78. The lowest BCUT2D eigenvalue weighted by Crippen LogP contribution is -2.08. The van der Waals surface area contributed by atoms with Crippen LogP contribution < -0.4 is 0 Å². The van der Waals surface area contributed by atoms with E-state index in [0.717, 1.165) is 23.4 Å². The largest absolute Gasteiger partial charge is 0.386 e. The first-order valence-electron chi connectivity index (χ1n) is 6.78. The van der Waals surface area contributed by atoms with Crippen molar-refractivity contribution in [1.82, 2.24) is 9.78 Å². The van der Waals surface area contributed by atoms with Crippen molar-refractivity contribution in [2.24, 2.45) is 7.05 Å². The Bertz CT molecular complexity index is 572. The first-order chi connectivity index (χ1) is 9.01. The molecule has 0 amide bonds. The van der Waals surface area contributed by atoms with Gasteiger partial charge in [0.1, 0.15) is 0 Å². The Labute approximate surface area is 114 Å². The van der Waals surface area contributed by atoms with Crippen molar-refractivity contribution in [3.8, 4) is 0 Å². The lowest BCUT2D eigenvalue weighted by molar-refractivity contribution is 0.168. The number of aromatic nitrogens is 2. The van der Waals surface area contributed by atoms with Gasteiger partial charge in [-0.1, -0.05) is 25.1 Å². The zero-order chi connectivity index (χ0) is 14.0. The first-order valence-corrected chi connectivity index (χ1v) is 6.78. The van der Waals surface area contributed by atoms with Crippen LogP contribution in [-0.2, 0) is 19.9 Å². The molecule has 3 nitrogen and oxygen atoms in total. The molecular weight excluding hydrogens is 236 g/mol. The second kappa shape index (κ2) is 5.57. The fourth-order valence-electron chi connectivity index (χ4n) is 2.29. The van der Waals surface area contributed by atoms with Gasteiger partial charge in [0.25, 0.3) is 0 Å². The molecule has 0 aliphatic carbocycles. The van der Waals surface area contributed by atoms with E-state index in [4.69, 9.17) is 0 Å². The number of aliphatic hydroxyl groups is 1.